The summed E-state index contributed by atoms with van der Waals surface area (Å²) in [5, 5.41) is 9.49. The van der Waals surface area contributed by atoms with E-state index < -0.39 is 5.41 Å². The molecule has 4 nitrogen and oxygen atoms in total. The summed E-state index contributed by atoms with van der Waals surface area (Å²) < 4.78 is 0. The van der Waals surface area contributed by atoms with Crippen molar-refractivity contribution in [1.29, 1.82) is 0 Å². The second kappa shape index (κ2) is 6.37. The van der Waals surface area contributed by atoms with Gasteiger partial charge in [0.1, 0.15) is 0 Å². The number of carbonyl (C=O) groups excluding carboxylic acids is 2. The van der Waals surface area contributed by atoms with E-state index in [9.17, 15) is 14.7 Å². The molecule has 0 heterocycles. The fourth-order valence-electron chi connectivity index (χ4n) is 7.92. The minimum atomic E-state index is -0.924. The average Bonchev–Trinajstić information content (AvgIpc) is 2.63. The van der Waals surface area contributed by atoms with E-state index in [0.29, 0.717) is 24.1 Å². The Balaban J connectivity index is 1.90. The van der Waals surface area contributed by atoms with Crippen LogP contribution >= 0.6 is 0 Å². The highest BCUT2D eigenvalue weighted by molar-refractivity contribution is 6.21. The van der Waals surface area contributed by atoms with Gasteiger partial charge in [-0.05, 0) is 78.9 Å². The van der Waals surface area contributed by atoms with Gasteiger partial charge in [-0.3, -0.25) is 9.59 Å². The number of aliphatic hydroxyl groups is 1. The molecule has 0 aromatic rings. The molecule has 0 saturated heterocycles. The molecule has 28 heavy (non-hydrogen) atoms. The van der Waals surface area contributed by atoms with E-state index in [-0.39, 0.29) is 46.8 Å². The molecule has 5 atom stereocenters. The Labute approximate surface area is 169 Å². The zero-order chi connectivity index (χ0) is 20.5. The quantitative estimate of drug-likeness (QED) is 0.595. The molecule has 1 N–H and O–H groups in total. The molecule has 2 unspecified atom stereocenters. The number of aliphatic hydroxyl groups excluding tert-OH is 1. The highest BCUT2D eigenvalue weighted by atomic mass is 16.3. The second-order valence-corrected chi connectivity index (χ2v) is 10.7. The Kier molecular flexibility index (Phi) is 4.56. The van der Waals surface area contributed by atoms with Gasteiger partial charge < -0.3 is 10.0 Å². The summed E-state index contributed by atoms with van der Waals surface area (Å²) >= 11 is 0. The summed E-state index contributed by atoms with van der Waals surface area (Å²) in [6.45, 7) is 14.5. The molecule has 5 aliphatic carbocycles. The number of fused-ring (bicyclic) bond motifs is 3. The van der Waals surface area contributed by atoms with E-state index in [1.807, 2.05) is 0 Å². The van der Waals surface area contributed by atoms with E-state index in [1.165, 1.54) is 0 Å². The summed E-state index contributed by atoms with van der Waals surface area (Å²) in [6, 6.07) is 0. The van der Waals surface area contributed by atoms with Crippen LogP contribution < -0.4 is 0 Å². The normalized spacial score (nSPS) is 42.0. The zero-order valence-corrected chi connectivity index (χ0v) is 17.7. The standard InChI is InChI=1S/C24H35NO3/c1-15-17-7-10-24(20(15)27)18(13-17)23(14-25(5)11-12-26)9-6-8-22(3,4)19(23)16(2)21(24)28/h17-19,26H,1-2,6-14H2,3-5H3/t17-,18?,19?,23+,24-/m0/s1. The predicted octanol–water partition coefficient (Wildman–Crippen LogP) is 3.40. The van der Waals surface area contributed by atoms with Gasteiger partial charge in [0.15, 0.2) is 11.6 Å². The van der Waals surface area contributed by atoms with Crippen molar-refractivity contribution in [1.82, 2.24) is 4.90 Å². The number of carbonyl (C=O) groups is 2. The third-order valence-corrected chi connectivity index (χ3v) is 8.80. The molecular formula is C24H35NO3. The Morgan fingerprint density at radius 3 is 2.46 bits per heavy atom. The maximum atomic E-state index is 13.8. The van der Waals surface area contributed by atoms with Crippen LogP contribution in [-0.4, -0.2) is 48.3 Å². The van der Waals surface area contributed by atoms with Crippen molar-refractivity contribution < 1.29 is 14.7 Å². The van der Waals surface area contributed by atoms with Crippen LogP contribution in [0.25, 0.3) is 0 Å². The molecule has 0 aromatic heterocycles. The molecule has 5 fully saturated rings. The van der Waals surface area contributed by atoms with Crippen molar-refractivity contribution >= 4 is 11.6 Å². The molecule has 2 bridgehead atoms. The van der Waals surface area contributed by atoms with Gasteiger partial charge in [-0.1, -0.05) is 33.4 Å². The highest BCUT2D eigenvalue weighted by Crippen LogP contribution is 2.71. The molecule has 4 heteroatoms. The maximum Gasteiger partial charge on any atom is 0.172 e. The smallest absolute Gasteiger partial charge is 0.172 e. The van der Waals surface area contributed by atoms with Gasteiger partial charge in [-0.15, -0.1) is 0 Å². The first-order valence-corrected chi connectivity index (χ1v) is 10.9. The topological polar surface area (TPSA) is 57.6 Å². The minimum absolute atomic E-state index is 0.0105. The summed E-state index contributed by atoms with van der Waals surface area (Å²) in [7, 11) is 2.05. The minimum Gasteiger partial charge on any atom is -0.395 e. The van der Waals surface area contributed by atoms with Crippen molar-refractivity contribution in [2.45, 2.75) is 52.4 Å². The highest BCUT2D eigenvalue weighted by Gasteiger charge is 2.72. The number of hydrogen-bond acceptors (Lipinski definition) is 4. The Morgan fingerprint density at radius 2 is 1.79 bits per heavy atom. The third kappa shape index (κ3) is 2.37. The van der Waals surface area contributed by atoms with Gasteiger partial charge in [0.05, 0.1) is 12.0 Å². The zero-order valence-electron chi connectivity index (χ0n) is 17.7. The lowest BCUT2D eigenvalue weighted by Gasteiger charge is -2.67. The SMILES string of the molecule is C=C1C(=O)[C@@]23CC[C@@H](CC2[C@]2(CN(C)CCO)CCCC(C)(C)C12)C(=C)C3=O. The number of likely N-dealkylation sites (N-methyl/N-ethyl adjacent to an activating group) is 1. The van der Waals surface area contributed by atoms with Gasteiger partial charge >= 0.3 is 0 Å². The maximum absolute atomic E-state index is 13.8. The van der Waals surface area contributed by atoms with Gasteiger partial charge in [-0.2, -0.15) is 0 Å². The molecule has 0 aromatic carbocycles. The van der Waals surface area contributed by atoms with Crippen LogP contribution in [0.5, 0.6) is 0 Å². The van der Waals surface area contributed by atoms with E-state index in [0.717, 1.165) is 38.6 Å². The number of rotatable bonds is 4. The van der Waals surface area contributed by atoms with E-state index >= 15 is 0 Å². The van der Waals surface area contributed by atoms with Gasteiger partial charge in [0.2, 0.25) is 0 Å². The van der Waals surface area contributed by atoms with E-state index in [1.54, 1.807) is 0 Å². The van der Waals surface area contributed by atoms with E-state index in [2.05, 4.69) is 39.0 Å². The molecule has 0 aliphatic heterocycles. The number of allylic oxidation sites excluding steroid dienone is 2. The average molecular weight is 386 g/mol. The van der Waals surface area contributed by atoms with Gasteiger partial charge in [0, 0.05) is 13.1 Å². The van der Waals surface area contributed by atoms with Crippen molar-refractivity contribution in [3.05, 3.63) is 24.3 Å². The van der Waals surface area contributed by atoms with Gasteiger partial charge in [-0.25, -0.2) is 0 Å². The predicted molar refractivity (Wildman–Crippen MR) is 110 cm³/mol. The summed E-state index contributed by atoms with van der Waals surface area (Å²) in [5.41, 5.74) is 0.290. The first-order chi connectivity index (χ1) is 13.1. The Morgan fingerprint density at radius 1 is 1.11 bits per heavy atom. The first-order valence-electron chi connectivity index (χ1n) is 10.9. The first kappa shape index (κ1) is 20.0. The van der Waals surface area contributed by atoms with Crippen molar-refractivity contribution in [3.63, 3.8) is 0 Å². The fraction of sp³-hybridized carbons (Fsp3) is 0.750. The number of hydrogen-bond donors (Lipinski definition) is 1. The van der Waals surface area contributed by atoms with Crippen LogP contribution in [0.1, 0.15) is 52.4 Å². The lowest BCUT2D eigenvalue weighted by atomic mass is 9.35. The molecule has 1 spiro atoms. The molecule has 154 valence electrons. The van der Waals surface area contributed by atoms with Crippen LogP contribution in [-0.2, 0) is 9.59 Å². The van der Waals surface area contributed by atoms with Crippen LogP contribution in [0.3, 0.4) is 0 Å². The monoisotopic (exact) mass is 385 g/mol. The largest absolute Gasteiger partial charge is 0.395 e. The van der Waals surface area contributed by atoms with Crippen molar-refractivity contribution in [2.24, 2.45) is 34.0 Å². The molecule has 5 saturated carbocycles. The van der Waals surface area contributed by atoms with Crippen molar-refractivity contribution in [3.8, 4) is 0 Å². The van der Waals surface area contributed by atoms with Gasteiger partial charge in [0.25, 0.3) is 0 Å². The fourth-order valence-corrected chi connectivity index (χ4v) is 7.92. The second-order valence-electron chi connectivity index (χ2n) is 10.7. The molecule has 0 amide bonds. The lowest BCUT2D eigenvalue weighted by molar-refractivity contribution is -0.179. The Hall–Kier alpha value is -1.26. The van der Waals surface area contributed by atoms with Crippen LogP contribution in [0, 0.1) is 34.0 Å². The Bertz CT molecular complexity index is 753. The molecule has 0 radical (unpaired) electrons. The summed E-state index contributed by atoms with van der Waals surface area (Å²) in [4.78, 5) is 29.4. The van der Waals surface area contributed by atoms with Crippen LogP contribution in [0.2, 0.25) is 0 Å². The molecular weight excluding hydrogens is 350 g/mol. The lowest BCUT2D eigenvalue weighted by Crippen LogP contribution is -2.69. The molecule has 5 aliphatic rings. The number of nitrogens with zero attached hydrogens (tertiary/aromatic N) is 1. The number of ketones is 2. The summed E-state index contributed by atoms with van der Waals surface area (Å²) in [6.07, 6.45) is 5.70. The summed E-state index contributed by atoms with van der Waals surface area (Å²) in [5.74, 6) is 0.419. The number of Topliss-reactive ketones (excluding diaryl/α,β-unsaturated/α-hetero) is 2. The van der Waals surface area contributed by atoms with Crippen molar-refractivity contribution in [2.75, 3.05) is 26.7 Å². The van der Waals surface area contributed by atoms with Crippen LogP contribution in [0.4, 0.5) is 0 Å². The van der Waals surface area contributed by atoms with E-state index in [4.69, 9.17) is 0 Å². The third-order valence-electron chi connectivity index (χ3n) is 8.80. The molecule has 5 rings (SSSR count). The van der Waals surface area contributed by atoms with Crippen LogP contribution in [0.15, 0.2) is 24.3 Å².